The molecule has 0 spiro atoms. The lowest BCUT2D eigenvalue weighted by molar-refractivity contribution is -0.0797. The van der Waals surface area contributed by atoms with Crippen molar-refractivity contribution in [3.63, 3.8) is 0 Å². The van der Waals surface area contributed by atoms with Crippen LogP contribution in [-0.4, -0.2) is 54.4 Å². The number of carbonyl (C=O) groups excluding carboxylic acids is 1. The van der Waals surface area contributed by atoms with Crippen molar-refractivity contribution in [2.45, 2.75) is 23.4 Å². The van der Waals surface area contributed by atoms with Crippen molar-refractivity contribution in [3.05, 3.63) is 53.2 Å². The van der Waals surface area contributed by atoms with E-state index >= 15 is 0 Å². The lowest BCUT2D eigenvalue weighted by Crippen LogP contribution is -2.59. The Kier molecular flexibility index (Phi) is 6.05. The van der Waals surface area contributed by atoms with Gasteiger partial charge in [0.15, 0.2) is 5.03 Å². The summed E-state index contributed by atoms with van der Waals surface area (Å²) < 4.78 is 50.9. The molecule has 9 nitrogen and oxygen atoms in total. The fourth-order valence-electron chi connectivity index (χ4n) is 3.50. The van der Waals surface area contributed by atoms with Gasteiger partial charge in [-0.25, -0.2) is 37.3 Å². The quantitative estimate of drug-likeness (QED) is 0.500. The molecular weight excluding hydrogens is 478 g/mol. The molecule has 174 valence electrons. The molecule has 1 amide bonds. The molecule has 1 aliphatic heterocycles. The lowest BCUT2D eigenvalue weighted by atomic mass is 10.0. The first-order valence-corrected chi connectivity index (χ1v) is 11.7. The smallest absolute Gasteiger partial charge is 0.267 e. The van der Waals surface area contributed by atoms with E-state index in [1.165, 1.54) is 29.4 Å². The third-order valence-corrected chi connectivity index (χ3v) is 6.42. The minimum atomic E-state index is -4.11. The highest BCUT2D eigenvalue weighted by Gasteiger charge is 2.42. The minimum absolute atomic E-state index is 0.0491. The first kappa shape index (κ1) is 23.4. The number of carbonyl (C=O) groups is 1. The SMILES string of the molecule is NC1CN(NC(=O)c2cc3c(Cl)cccc3nc2-c2ccnc(S(N)(=O)=O)c2)CCC1(F)F. The van der Waals surface area contributed by atoms with Crippen molar-refractivity contribution >= 4 is 38.4 Å². The molecule has 1 aliphatic rings. The van der Waals surface area contributed by atoms with Gasteiger partial charge in [-0.15, -0.1) is 0 Å². The van der Waals surface area contributed by atoms with Gasteiger partial charge in [0.25, 0.3) is 21.9 Å². The zero-order valence-electron chi connectivity index (χ0n) is 17.0. The van der Waals surface area contributed by atoms with Crippen LogP contribution in [-0.2, 0) is 10.0 Å². The van der Waals surface area contributed by atoms with Gasteiger partial charge in [-0.1, -0.05) is 17.7 Å². The summed E-state index contributed by atoms with van der Waals surface area (Å²) in [5.41, 5.74) is 9.04. The topological polar surface area (TPSA) is 144 Å². The van der Waals surface area contributed by atoms with Crippen LogP contribution < -0.4 is 16.3 Å². The summed E-state index contributed by atoms with van der Waals surface area (Å²) >= 11 is 6.27. The number of piperidine rings is 1. The van der Waals surface area contributed by atoms with Crippen LogP contribution >= 0.6 is 11.6 Å². The number of hydrogen-bond donors (Lipinski definition) is 3. The van der Waals surface area contributed by atoms with E-state index in [0.29, 0.717) is 15.9 Å². The monoisotopic (exact) mass is 496 g/mol. The second-order valence-corrected chi connectivity index (χ2v) is 9.54. The number of nitrogens with two attached hydrogens (primary N) is 2. The van der Waals surface area contributed by atoms with E-state index in [2.05, 4.69) is 15.4 Å². The van der Waals surface area contributed by atoms with Crippen molar-refractivity contribution in [3.8, 4) is 11.3 Å². The highest BCUT2D eigenvalue weighted by atomic mass is 35.5. The Balaban J connectivity index is 1.78. The number of hydrazine groups is 1. The van der Waals surface area contributed by atoms with E-state index < -0.39 is 39.3 Å². The Morgan fingerprint density at radius 2 is 2.03 bits per heavy atom. The van der Waals surface area contributed by atoms with Gasteiger partial charge in [0.1, 0.15) is 0 Å². The van der Waals surface area contributed by atoms with Crippen LogP contribution in [0, 0.1) is 0 Å². The molecule has 0 aliphatic carbocycles. The Morgan fingerprint density at radius 3 is 2.73 bits per heavy atom. The third-order valence-electron chi connectivity index (χ3n) is 5.28. The Bertz CT molecular complexity index is 1350. The third kappa shape index (κ3) is 4.80. The second kappa shape index (κ2) is 8.54. The number of halogens is 3. The molecule has 0 radical (unpaired) electrons. The molecule has 1 atom stereocenters. The molecule has 3 heterocycles. The maximum Gasteiger partial charge on any atom is 0.267 e. The van der Waals surface area contributed by atoms with Crippen LogP contribution in [0.3, 0.4) is 0 Å². The molecule has 0 bridgehead atoms. The summed E-state index contributed by atoms with van der Waals surface area (Å²) in [7, 11) is -4.11. The Labute approximate surface area is 192 Å². The van der Waals surface area contributed by atoms with E-state index in [4.69, 9.17) is 22.5 Å². The van der Waals surface area contributed by atoms with Gasteiger partial charge in [0.2, 0.25) is 0 Å². The summed E-state index contributed by atoms with van der Waals surface area (Å²) in [6.45, 7) is -0.352. The number of fused-ring (bicyclic) bond motifs is 1. The summed E-state index contributed by atoms with van der Waals surface area (Å²) in [6, 6.07) is 7.73. The first-order valence-electron chi connectivity index (χ1n) is 9.73. The van der Waals surface area contributed by atoms with Crippen LogP contribution in [0.5, 0.6) is 0 Å². The molecule has 3 aromatic rings. The minimum Gasteiger partial charge on any atom is -0.322 e. The van der Waals surface area contributed by atoms with Gasteiger partial charge in [-0.3, -0.25) is 10.2 Å². The molecule has 33 heavy (non-hydrogen) atoms. The number of benzene rings is 1. The second-order valence-electron chi connectivity index (χ2n) is 7.62. The molecular formula is C20H19ClF2N6O3S. The average molecular weight is 497 g/mol. The van der Waals surface area contributed by atoms with Crippen molar-refractivity contribution in [1.82, 2.24) is 20.4 Å². The average Bonchev–Trinajstić information content (AvgIpc) is 2.75. The Morgan fingerprint density at radius 1 is 1.27 bits per heavy atom. The van der Waals surface area contributed by atoms with Crippen LogP contribution in [0.2, 0.25) is 5.02 Å². The molecule has 1 aromatic carbocycles. The lowest BCUT2D eigenvalue weighted by Gasteiger charge is -2.36. The highest BCUT2D eigenvalue weighted by molar-refractivity contribution is 7.89. The molecule has 5 N–H and O–H groups in total. The first-order chi connectivity index (χ1) is 15.5. The highest BCUT2D eigenvalue weighted by Crippen LogP contribution is 2.31. The molecule has 13 heteroatoms. The van der Waals surface area contributed by atoms with Gasteiger partial charge in [0, 0.05) is 41.7 Å². The van der Waals surface area contributed by atoms with Crippen LogP contribution in [0.4, 0.5) is 8.78 Å². The van der Waals surface area contributed by atoms with Crippen molar-refractivity contribution in [2.75, 3.05) is 13.1 Å². The van der Waals surface area contributed by atoms with E-state index in [-0.39, 0.29) is 29.9 Å². The van der Waals surface area contributed by atoms with Crippen LogP contribution in [0.1, 0.15) is 16.8 Å². The molecule has 1 saturated heterocycles. The number of amides is 1. The molecule has 1 fully saturated rings. The van der Waals surface area contributed by atoms with Crippen molar-refractivity contribution in [1.29, 1.82) is 0 Å². The summed E-state index contributed by atoms with van der Waals surface area (Å²) in [5.74, 6) is -3.67. The maximum atomic E-state index is 13.7. The van der Waals surface area contributed by atoms with Gasteiger partial charge >= 0.3 is 0 Å². The van der Waals surface area contributed by atoms with E-state index in [1.807, 2.05) is 0 Å². The number of sulfonamides is 1. The fraction of sp³-hybridized carbons (Fsp3) is 0.250. The molecule has 0 saturated carbocycles. The summed E-state index contributed by atoms with van der Waals surface area (Å²) in [4.78, 5) is 21.4. The molecule has 4 rings (SSSR count). The normalized spacial score (nSPS) is 18.9. The van der Waals surface area contributed by atoms with Gasteiger partial charge in [-0.05, 0) is 30.3 Å². The number of rotatable bonds is 4. The summed E-state index contributed by atoms with van der Waals surface area (Å²) in [6.07, 6.45) is 0.720. The van der Waals surface area contributed by atoms with Crippen molar-refractivity contribution in [2.24, 2.45) is 10.9 Å². The van der Waals surface area contributed by atoms with Crippen molar-refractivity contribution < 1.29 is 22.0 Å². The van der Waals surface area contributed by atoms with E-state index in [1.54, 1.807) is 18.2 Å². The number of aromatic nitrogens is 2. The van der Waals surface area contributed by atoms with Crippen LogP contribution in [0.15, 0.2) is 47.6 Å². The molecule has 2 aromatic heterocycles. The standard InChI is InChI=1S/C20H19ClF2N6O3S/c21-14-2-1-3-15-12(14)9-13(19(30)28-29-7-5-20(22,23)16(24)10-29)18(27-15)11-4-6-26-17(8-11)33(25,31)32/h1-4,6,8-9,16H,5,7,10,24H2,(H,28,30)(H2,25,31,32). The zero-order chi connectivity index (χ0) is 24.0. The number of primary sulfonamides is 1. The largest absolute Gasteiger partial charge is 0.322 e. The number of alkyl halides is 2. The Hall–Kier alpha value is -2.77. The summed E-state index contributed by atoms with van der Waals surface area (Å²) in [5, 5.41) is 6.93. The number of nitrogens with zero attached hydrogens (tertiary/aromatic N) is 3. The van der Waals surface area contributed by atoms with E-state index in [9.17, 15) is 22.0 Å². The van der Waals surface area contributed by atoms with Gasteiger partial charge in [-0.2, -0.15) is 0 Å². The fourth-order valence-corrected chi connectivity index (χ4v) is 4.23. The molecule has 1 unspecified atom stereocenters. The van der Waals surface area contributed by atoms with Gasteiger partial charge < -0.3 is 5.73 Å². The number of pyridine rings is 2. The zero-order valence-corrected chi connectivity index (χ0v) is 18.6. The maximum absolute atomic E-state index is 13.7. The number of hydrogen-bond acceptors (Lipinski definition) is 7. The van der Waals surface area contributed by atoms with Crippen LogP contribution in [0.25, 0.3) is 22.2 Å². The predicted octanol–water partition coefficient (Wildman–Crippen LogP) is 1.91. The van der Waals surface area contributed by atoms with E-state index in [0.717, 1.165) is 0 Å². The predicted molar refractivity (Wildman–Crippen MR) is 118 cm³/mol. The number of nitrogens with one attached hydrogen (secondary N) is 1. The van der Waals surface area contributed by atoms with Gasteiger partial charge in [0.05, 0.1) is 22.8 Å².